The molecule has 140 valence electrons. The van der Waals surface area contributed by atoms with Crippen LogP contribution in [0.2, 0.25) is 0 Å². The van der Waals surface area contributed by atoms with Gasteiger partial charge in [-0.15, -0.1) is 0 Å². The number of hydrogen-bond acceptors (Lipinski definition) is 1. The summed E-state index contributed by atoms with van der Waals surface area (Å²) in [6, 6.07) is 34.5. The summed E-state index contributed by atoms with van der Waals surface area (Å²) in [7, 11) is 0. The average Bonchev–Trinajstić information content (AvgIpc) is 3.43. The first-order valence-electron chi connectivity index (χ1n) is 10.2. The lowest BCUT2D eigenvalue weighted by atomic mass is 10.1. The Kier molecular flexibility index (Phi) is 3.00. The molecule has 0 saturated carbocycles. The van der Waals surface area contributed by atoms with Gasteiger partial charge >= 0.3 is 0 Å². The summed E-state index contributed by atoms with van der Waals surface area (Å²) in [4.78, 5) is 0. The van der Waals surface area contributed by atoms with E-state index in [0.717, 1.165) is 11.0 Å². The quantitative estimate of drug-likeness (QED) is 0.305. The van der Waals surface area contributed by atoms with E-state index in [1.807, 2.05) is 6.20 Å². The molecule has 0 radical (unpaired) electrons. The molecule has 0 aliphatic rings. The van der Waals surface area contributed by atoms with Crippen LogP contribution in [0.1, 0.15) is 0 Å². The molecule has 3 heteroatoms. The number of rotatable bonds is 2. The molecule has 3 aromatic heterocycles. The first kappa shape index (κ1) is 15.8. The van der Waals surface area contributed by atoms with E-state index in [0.29, 0.717) is 0 Å². The number of fused-ring (bicyclic) bond motifs is 3. The maximum Gasteiger partial charge on any atom is 0.0753 e. The molecule has 0 fully saturated rings. The number of hydrogen-bond donors (Lipinski definition) is 0. The molecule has 0 amide bonds. The standard InChI is InChI=1S/C27H17N3/c1-2-6-18(7-3-1)19-12-14-20(15-13-19)29-23-9-4-8-21-22-16-17-28-30(22)25-11-5-10-24(29)27(25)26(21)23/h1-17H. The molecule has 7 rings (SSSR count). The monoisotopic (exact) mass is 383 g/mol. The molecule has 0 saturated heterocycles. The van der Waals surface area contributed by atoms with Crippen molar-refractivity contribution in [2.75, 3.05) is 0 Å². The Bertz CT molecular complexity index is 1590. The number of pyridine rings is 1. The molecule has 0 N–H and O–H groups in total. The zero-order valence-corrected chi connectivity index (χ0v) is 16.2. The molecule has 3 nitrogen and oxygen atoms in total. The third kappa shape index (κ3) is 1.96. The van der Waals surface area contributed by atoms with Gasteiger partial charge < -0.3 is 4.57 Å². The number of benzene rings is 4. The summed E-state index contributed by atoms with van der Waals surface area (Å²) in [6.07, 6.45) is 1.88. The lowest BCUT2D eigenvalue weighted by Gasteiger charge is -2.09. The summed E-state index contributed by atoms with van der Waals surface area (Å²) in [5.41, 5.74) is 8.38. The minimum absolute atomic E-state index is 1.15. The Morgan fingerprint density at radius 1 is 0.500 bits per heavy atom. The summed E-state index contributed by atoms with van der Waals surface area (Å²) < 4.78 is 4.44. The molecular formula is C27H17N3. The van der Waals surface area contributed by atoms with Gasteiger partial charge in [0.2, 0.25) is 0 Å². The van der Waals surface area contributed by atoms with Crippen molar-refractivity contribution in [2.24, 2.45) is 0 Å². The summed E-state index contributed by atoms with van der Waals surface area (Å²) >= 11 is 0. The molecule has 3 heterocycles. The van der Waals surface area contributed by atoms with Crippen LogP contribution < -0.4 is 0 Å². The van der Waals surface area contributed by atoms with E-state index in [9.17, 15) is 0 Å². The Morgan fingerprint density at radius 2 is 1.20 bits per heavy atom. The van der Waals surface area contributed by atoms with Crippen molar-refractivity contribution in [3.05, 3.63) is 103 Å². The van der Waals surface area contributed by atoms with Crippen LogP contribution in [0, 0.1) is 0 Å². The topological polar surface area (TPSA) is 22.2 Å². The Morgan fingerprint density at radius 3 is 2.03 bits per heavy atom. The molecule has 30 heavy (non-hydrogen) atoms. The Hall–Kier alpha value is -4.11. The highest BCUT2D eigenvalue weighted by atomic mass is 15.2. The predicted molar refractivity (Wildman–Crippen MR) is 124 cm³/mol. The molecule has 0 aliphatic heterocycles. The van der Waals surface area contributed by atoms with Crippen LogP contribution in [-0.4, -0.2) is 14.2 Å². The highest BCUT2D eigenvalue weighted by Crippen LogP contribution is 2.40. The molecular weight excluding hydrogens is 366 g/mol. The largest absolute Gasteiger partial charge is 0.309 e. The molecule has 0 unspecified atom stereocenters. The zero-order valence-electron chi connectivity index (χ0n) is 16.2. The molecule has 0 bridgehead atoms. The fourth-order valence-corrected chi connectivity index (χ4v) is 4.89. The Balaban J connectivity index is 1.57. The van der Waals surface area contributed by atoms with Crippen molar-refractivity contribution in [1.82, 2.24) is 14.2 Å². The zero-order chi connectivity index (χ0) is 19.7. The maximum atomic E-state index is 4.60. The van der Waals surface area contributed by atoms with Crippen molar-refractivity contribution < 1.29 is 0 Å². The van der Waals surface area contributed by atoms with Gasteiger partial charge in [0, 0.05) is 21.8 Å². The van der Waals surface area contributed by atoms with E-state index in [1.54, 1.807) is 0 Å². The SMILES string of the molecule is c1ccc(-c2ccc(-n3c4cccc5c4c4c3cccc4n3nccc53)cc2)cc1. The summed E-state index contributed by atoms with van der Waals surface area (Å²) in [5.74, 6) is 0. The van der Waals surface area contributed by atoms with Crippen LogP contribution in [0.5, 0.6) is 0 Å². The number of nitrogens with zero attached hydrogens (tertiary/aromatic N) is 3. The van der Waals surface area contributed by atoms with Crippen LogP contribution in [-0.2, 0) is 0 Å². The third-order valence-corrected chi connectivity index (χ3v) is 6.17. The maximum absolute atomic E-state index is 4.60. The molecule has 0 aliphatic carbocycles. The van der Waals surface area contributed by atoms with Gasteiger partial charge in [-0.3, -0.25) is 0 Å². The molecule has 0 spiro atoms. The highest BCUT2D eigenvalue weighted by Gasteiger charge is 2.19. The van der Waals surface area contributed by atoms with Crippen LogP contribution in [0.15, 0.2) is 103 Å². The smallest absolute Gasteiger partial charge is 0.0753 e. The van der Waals surface area contributed by atoms with Crippen molar-refractivity contribution in [1.29, 1.82) is 0 Å². The second-order valence-corrected chi connectivity index (χ2v) is 7.75. The fraction of sp³-hybridized carbons (Fsp3) is 0. The van der Waals surface area contributed by atoms with Crippen LogP contribution in [0.3, 0.4) is 0 Å². The normalized spacial score (nSPS) is 12.0. The van der Waals surface area contributed by atoms with Gasteiger partial charge in [0.1, 0.15) is 0 Å². The third-order valence-electron chi connectivity index (χ3n) is 6.17. The molecule has 0 atom stereocenters. The van der Waals surface area contributed by atoms with Gasteiger partial charge in [0.25, 0.3) is 0 Å². The molecule has 7 aromatic rings. The number of aromatic nitrogens is 3. The summed E-state index contributed by atoms with van der Waals surface area (Å²) in [6.45, 7) is 0. The lowest BCUT2D eigenvalue weighted by Crippen LogP contribution is -1.93. The van der Waals surface area contributed by atoms with Crippen LogP contribution in [0.4, 0.5) is 0 Å². The van der Waals surface area contributed by atoms with Crippen LogP contribution in [0.25, 0.3) is 55.0 Å². The van der Waals surface area contributed by atoms with Gasteiger partial charge in [0.15, 0.2) is 0 Å². The second kappa shape index (κ2) is 5.71. The lowest BCUT2D eigenvalue weighted by molar-refractivity contribution is 1.01. The van der Waals surface area contributed by atoms with E-state index in [2.05, 4.69) is 111 Å². The minimum Gasteiger partial charge on any atom is -0.309 e. The van der Waals surface area contributed by atoms with Crippen molar-refractivity contribution >= 4 is 38.2 Å². The van der Waals surface area contributed by atoms with Crippen molar-refractivity contribution in [3.63, 3.8) is 0 Å². The van der Waals surface area contributed by atoms with Crippen LogP contribution >= 0.6 is 0 Å². The fourth-order valence-electron chi connectivity index (χ4n) is 4.89. The van der Waals surface area contributed by atoms with E-state index in [1.165, 1.54) is 44.0 Å². The van der Waals surface area contributed by atoms with E-state index >= 15 is 0 Å². The highest BCUT2D eigenvalue weighted by molar-refractivity contribution is 6.26. The van der Waals surface area contributed by atoms with Gasteiger partial charge in [0.05, 0.1) is 28.3 Å². The minimum atomic E-state index is 1.15. The van der Waals surface area contributed by atoms with E-state index in [4.69, 9.17) is 0 Å². The van der Waals surface area contributed by atoms with Gasteiger partial charge in [-0.25, -0.2) is 4.52 Å². The Labute approximate surface area is 172 Å². The summed E-state index contributed by atoms with van der Waals surface area (Å²) in [5, 5.41) is 8.42. The first-order valence-corrected chi connectivity index (χ1v) is 10.2. The van der Waals surface area contributed by atoms with Gasteiger partial charge in [-0.2, -0.15) is 5.10 Å². The predicted octanol–water partition coefficient (Wildman–Crippen LogP) is 6.69. The molecule has 4 aromatic carbocycles. The van der Waals surface area contributed by atoms with Crippen molar-refractivity contribution in [3.8, 4) is 16.8 Å². The van der Waals surface area contributed by atoms with Gasteiger partial charge in [-0.05, 0) is 47.5 Å². The van der Waals surface area contributed by atoms with Crippen molar-refractivity contribution in [2.45, 2.75) is 0 Å². The average molecular weight is 383 g/mol. The second-order valence-electron chi connectivity index (χ2n) is 7.75. The first-order chi connectivity index (χ1) is 14.9. The van der Waals surface area contributed by atoms with E-state index in [-0.39, 0.29) is 0 Å². The van der Waals surface area contributed by atoms with Gasteiger partial charge in [-0.1, -0.05) is 60.7 Å². The van der Waals surface area contributed by atoms with E-state index < -0.39 is 0 Å².